The Morgan fingerprint density at radius 3 is 2.26 bits per heavy atom. The molecule has 0 saturated heterocycles. The highest BCUT2D eigenvalue weighted by atomic mass is 35.5. The second-order valence-corrected chi connectivity index (χ2v) is 5.55. The third-order valence-corrected chi connectivity index (χ3v) is 4.50. The van der Waals surface area contributed by atoms with Crippen molar-refractivity contribution in [2.75, 3.05) is 12.4 Å². The lowest BCUT2D eigenvalue weighted by Crippen LogP contribution is -2.38. The van der Waals surface area contributed by atoms with Gasteiger partial charge in [0.2, 0.25) is 5.91 Å². The van der Waals surface area contributed by atoms with Crippen LogP contribution in [0.25, 0.3) is 0 Å². The summed E-state index contributed by atoms with van der Waals surface area (Å²) in [6, 6.07) is 8.07. The van der Waals surface area contributed by atoms with E-state index < -0.39 is 0 Å². The zero-order valence-electron chi connectivity index (χ0n) is 12.1. The monoisotopic (exact) mass is 281 g/mol. The van der Waals surface area contributed by atoms with E-state index in [0.29, 0.717) is 18.8 Å². The van der Waals surface area contributed by atoms with Crippen LogP contribution in [-0.4, -0.2) is 18.3 Å². The Morgan fingerprint density at radius 1 is 1.21 bits per heavy atom. The van der Waals surface area contributed by atoms with Crippen molar-refractivity contribution in [1.29, 1.82) is 0 Å². The number of alkyl halides is 1. The summed E-state index contributed by atoms with van der Waals surface area (Å²) in [6.45, 7) is 6.95. The number of hydrogen-bond acceptors (Lipinski definition) is 1. The predicted octanol–water partition coefficient (Wildman–Crippen LogP) is 3.70. The van der Waals surface area contributed by atoms with Crippen molar-refractivity contribution < 1.29 is 4.79 Å². The third kappa shape index (κ3) is 4.87. The van der Waals surface area contributed by atoms with Gasteiger partial charge in [-0.15, -0.1) is 11.6 Å². The summed E-state index contributed by atoms with van der Waals surface area (Å²) in [5.41, 5.74) is 2.29. The molecule has 0 aliphatic rings. The van der Waals surface area contributed by atoms with Gasteiger partial charge in [-0.1, -0.05) is 43.7 Å². The molecule has 2 nitrogen and oxygen atoms in total. The normalized spacial score (nSPS) is 11.4. The third-order valence-electron chi connectivity index (χ3n) is 3.93. The fraction of sp³-hybridized carbons (Fsp3) is 0.562. The maximum atomic E-state index is 11.9. The lowest BCUT2D eigenvalue weighted by molar-refractivity contribution is -0.120. The molecule has 3 heteroatoms. The summed E-state index contributed by atoms with van der Waals surface area (Å²) in [4.78, 5) is 11.9. The van der Waals surface area contributed by atoms with Crippen LogP contribution in [0.1, 0.15) is 37.8 Å². The van der Waals surface area contributed by atoms with Gasteiger partial charge in [-0.25, -0.2) is 0 Å². The van der Waals surface area contributed by atoms with Crippen LogP contribution in [0.5, 0.6) is 0 Å². The smallest absolute Gasteiger partial charge is 0.224 e. The van der Waals surface area contributed by atoms with Crippen LogP contribution in [0.15, 0.2) is 24.3 Å². The largest absolute Gasteiger partial charge is 0.355 e. The number of carbonyl (C=O) groups excluding carboxylic acids is 1. The fourth-order valence-electron chi connectivity index (χ4n) is 1.98. The Hall–Kier alpha value is -1.02. The van der Waals surface area contributed by atoms with Crippen molar-refractivity contribution >= 4 is 17.5 Å². The van der Waals surface area contributed by atoms with Gasteiger partial charge in [-0.2, -0.15) is 0 Å². The van der Waals surface area contributed by atoms with Crippen LogP contribution >= 0.6 is 11.6 Å². The van der Waals surface area contributed by atoms with Gasteiger partial charge in [0.05, 0.1) is 6.42 Å². The highest BCUT2D eigenvalue weighted by molar-refractivity contribution is 6.18. The summed E-state index contributed by atoms with van der Waals surface area (Å²) in [7, 11) is 0. The number of hydrogen-bond donors (Lipinski definition) is 1. The van der Waals surface area contributed by atoms with Crippen molar-refractivity contribution in [1.82, 2.24) is 5.32 Å². The zero-order chi connectivity index (χ0) is 14.3. The minimum Gasteiger partial charge on any atom is -0.355 e. The second kappa shape index (κ2) is 7.54. The summed E-state index contributed by atoms with van der Waals surface area (Å²) in [5.74, 6) is 0.658. The molecule has 0 aliphatic heterocycles. The fourth-order valence-corrected chi connectivity index (χ4v) is 2.45. The molecule has 0 radical (unpaired) electrons. The number of amides is 1. The summed E-state index contributed by atoms with van der Waals surface area (Å²) >= 11 is 6.03. The molecular formula is C16H24ClNO. The van der Waals surface area contributed by atoms with Crippen LogP contribution < -0.4 is 5.32 Å². The number of rotatable bonds is 7. The molecule has 0 bridgehead atoms. The molecule has 0 atom stereocenters. The van der Waals surface area contributed by atoms with Crippen LogP contribution in [0.4, 0.5) is 0 Å². The average molecular weight is 282 g/mol. The van der Waals surface area contributed by atoms with E-state index in [1.165, 1.54) is 5.56 Å². The number of carbonyl (C=O) groups is 1. The zero-order valence-corrected chi connectivity index (χ0v) is 12.9. The molecule has 0 fully saturated rings. The first kappa shape index (κ1) is 16.0. The minimum atomic E-state index is 0.0322. The minimum absolute atomic E-state index is 0.0322. The van der Waals surface area contributed by atoms with E-state index in [0.717, 1.165) is 18.4 Å². The number of halogens is 1. The molecule has 0 saturated carbocycles. The van der Waals surface area contributed by atoms with E-state index >= 15 is 0 Å². The topological polar surface area (TPSA) is 29.1 Å². The molecule has 0 aliphatic carbocycles. The molecule has 1 rings (SSSR count). The van der Waals surface area contributed by atoms with Crippen LogP contribution in [-0.2, 0) is 11.2 Å². The van der Waals surface area contributed by atoms with Crippen molar-refractivity contribution in [3.63, 3.8) is 0 Å². The first-order chi connectivity index (χ1) is 9.05. The molecular weight excluding hydrogens is 258 g/mol. The van der Waals surface area contributed by atoms with Gasteiger partial charge in [0.15, 0.2) is 0 Å². The lowest BCUT2D eigenvalue weighted by Gasteiger charge is -2.29. The second-order valence-electron chi connectivity index (χ2n) is 5.28. The molecule has 1 aromatic carbocycles. The summed E-state index contributed by atoms with van der Waals surface area (Å²) < 4.78 is 0. The Kier molecular flexibility index (Phi) is 6.36. The highest BCUT2D eigenvalue weighted by Crippen LogP contribution is 2.26. The molecule has 1 N–H and O–H groups in total. The predicted molar refractivity (Wildman–Crippen MR) is 81.6 cm³/mol. The van der Waals surface area contributed by atoms with Crippen molar-refractivity contribution in [3.8, 4) is 0 Å². The van der Waals surface area contributed by atoms with Gasteiger partial charge >= 0.3 is 0 Å². The maximum Gasteiger partial charge on any atom is 0.224 e. The Bertz CT molecular complexity index is 387. The number of nitrogens with one attached hydrogen (secondary N) is 1. The van der Waals surface area contributed by atoms with E-state index in [1.807, 2.05) is 31.2 Å². The summed E-state index contributed by atoms with van der Waals surface area (Å²) in [5, 5.41) is 3.02. The first-order valence-electron chi connectivity index (χ1n) is 6.93. The van der Waals surface area contributed by atoms with Crippen molar-refractivity contribution in [2.24, 2.45) is 5.41 Å². The van der Waals surface area contributed by atoms with E-state index in [2.05, 4.69) is 19.2 Å². The highest BCUT2D eigenvalue weighted by Gasteiger charge is 2.25. The van der Waals surface area contributed by atoms with E-state index in [1.54, 1.807) is 0 Å². The Balaban J connectivity index is 2.49. The molecule has 1 aromatic rings. The van der Waals surface area contributed by atoms with Crippen molar-refractivity contribution in [2.45, 2.75) is 40.0 Å². The molecule has 0 heterocycles. The lowest BCUT2D eigenvalue weighted by atomic mass is 9.84. The van der Waals surface area contributed by atoms with Gasteiger partial charge in [-0.05, 0) is 25.3 Å². The van der Waals surface area contributed by atoms with Gasteiger partial charge < -0.3 is 5.32 Å². The molecule has 0 aromatic heterocycles. The Labute approximate surface area is 121 Å². The van der Waals surface area contributed by atoms with Gasteiger partial charge in [0.25, 0.3) is 0 Å². The quantitative estimate of drug-likeness (QED) is 0.759. The number of aryl methyl sites for hydroxylation is 1. The average Bonchev–Trinajstić information content (AvgIpc) is 2.44. The van der Waals surface area contributed by atoms with E-state index in [4.69, 9.17) is 11.6 Å². The van der Waals surface area contributed by atoms with E-state index in [-0.39, 0.29) is 11.3 Å². The number of benzene rings is 1. The molecule has 106 valence electrons. The van der Waals surface area contributed by atoms with Gasteiger partial charge in [-0.3, -0.25) is 4.79 Å². The van der Waals surface area contributed by atoms with Crippen LogP contribution in [0.3, 0.4) is 0 Å². The van der Waals surface area contributed by atoms with Gasteiger partial charge in [0, 0.05) is 17.8 Å². The van der Waals surface area contributed by atoms with Crippen molar-refractivity contribution in [3.05, 3.63) is 35.4 Å². The van der Waals surface area contributed by atoms with E-state index in [9.17, 15) is 4.79 Å². The molecule has 0 spiro atoms. The SMILES string of the molecule is CCC(CC)(CCl)CNC(=O)Cc1ccc(C)cc1. The molecule has 19 heavy (non-hydrogen) atoms. The summed E-state index contributed by atoms with van der Waals surface area (Å²) in [6.07, 6.45) is 2.40. The van der Waals surface area contributed by atoms with Crippen LogP contribution in [0.2, 0.25) is 0 Å². The maximum absolute atomic E-state index is 11.9. The standard InChI is InChI=1S/C16H24ClNO/c1-4-16(5-2,11-17)12-18-15(19)10-14-8-6-13(3)7-9-14/h6-9H,4-5,10-12H2,1-3H3,(H,18,19). The Morgan fingerprint density at radius 2 is 1.79 bits per heavy atom. The van der Waals surface area contributed by atoms with Gasteiger partial charge in [0.1, 0.15) is 0 Å². The molecule has 1 amide bonds. The molecule has 0 unspecified atom stereocenters. The first-order valence-corrected chi connectivity index (χ1v) is 7.47. The van der Waals surface area contributed by atoms with Crippen LogP contribution in [0, 0.1) is 12.3 Å².